The van der Waals surface area contributed by atoms with Crippen molar-refractivity contribution in [2.75, 3.05) is 7.11 Å². The number of hydrogen-bond acceptors (Lipinski definition) is 4. The molecule has 21 heavy (non-hydrogen) atoms. The van der Waals surface area contributed by atoms with Gasteiger partial charge in [-0.3, -0.25) is 0 Å². The molecule has 0 saturated heterocycles. The van der Waals surface area contributed by atoms with Crippen molar-refractivity contribution in [1.29, 1.82) is 0 Å². The van der Waals surface area contributed by atoms with Crippen LogP contribution < -0.4 is 4.74 Å². The molecule has 0 aliphatic carbocycles. The fourth-order valence-electron chi connectivity index (χ4n) is 2.00. The molecule has 106 valence electrons. The Morgan fingerprint density at radius 2 is 1.90 bits per heavy atom. The predicted octanol–water partition coefficient (Wildman–Crippen LogP) is 3.86. The van der Waals surface area contributed by atoms with Gasteiger partial charge in [0.1, 0.15) is 12.0 Å². The summed E-state index contributed by atoms with van der Waals surface area (Å²) < 4.78 is 23.9. The third-order valence-corrected chi connectivity index (χ3v) is 3.07. The van der Waals surface area contributed by atoms with Gasteiger partial charge in [-0.25, -0.2) is 9.37 Å². The minimum atomic E-state index is -0.788. The number of aromatic nitrogens is 1. The van der Waals surface area contributed by atoms with Gasteiger partial charge in [-0.2, -0.15) is 0 Å². The lowest BCUT2D eigenvalue weighted by atomic mass is 10.1. The lowest BCUT2D eigenvalue weighted by Crippen LogP contribution is -1.89. The van der Waals surface area contributed by atoms with Gasteiger partial charge in [0, 0.05) is 11.1 Å². The molecule has 1 aromatic heterocycles. The molecule has 0 bridgehead atoms. The van der Waals surface area contributed by atoms with Crippen molar-refractivity contribution in [1.82, 2.24) is 4.98 Å². The quantitative estimate of drug-likeness (QED) is 0.793. The van der Waals surface area contributed by atoms with E-state index in [2.05, 4.69) is 4.98 Å². The first-order valence-corrected chi connectivity index (χ1v) is 6.27. The Hall–Kier alpha value is -2.82. The van der Waals surface area contributed by atoms with E-state index in [9.17, 15) is 9.50 Å². The molecule has 4 nitrogen and oxygen atoms in total. The van der Waals surface area contributed by atoms with Crippen molar-refractivity contribution in [2.45, 2.75) is 0 Å². The Kier molecular flexibility index (Phi) is 3.31. The van der Waals surface area contributed by atoms with Crippen LogP contribution >= 0.6 is 0 Å². The first-order chi connectivity index (χ1) is 10.2. The van der Waals surface area contributed by atoms with Crippen LogP contribution in [0.5, 0.6) is 11.5 Å². The maximum atomic E-state index is 13.6. The van der Waals surface area contributed by atoms with E-state index in [1.807, 2.05) is 30.3 Å². The number of rotatable bonds is 3. The molecular weight excluding hydrogens is 273 g/mol. The topological polar surface area (TPSA) is 55.5 Å². The number of hydrogen-bond donors (Lipinski definition) is 1. The van der Waals surface area contributed by atoms with Gasteiger partial charge in [-0.1, -0.05) is 30.3 Å². The van der Waals surface area contributed by atoms with Crippen LogP contribution in [-0.2, 0) is 0 Å². The molecule has 0 spiro atoms. The molecule has 0 aliphatic rings. The second-order valence-electron chi connectivity index (χ2n) is 4.41. The number of aromatic hydroxyl groups is 1. The third-order valence-electron chi connectivity index (χ3n) is 3.07. The second kappa shape index (κ2) is 5.28. The van der Waals surface area contributed by atoms with Gasteiger partial charge in [0.25, 0.3) is 0 Å². The van der Waals surface area contributed by atoms with Gasteiger partial charge < -0.3 is 14.3 Å². The highest BCUT2D eigenvalue weighted by atomic mass is 19.1. The van der Waals surface area contributed by atoms with Crippen molar-refractivity contribution < 1.29 is 18.7 Å². The van der Waals surface area contributed by atoms with E-state index < -0.39 is 11.6 Å². The van der Waals surface area contributed by atoms with Gasteiger partial charge in [0.05, 0.1) is 7.11 Å². The number of ether oxygens (including phenoxy) is 1. The number of nitrogens with zero attached hydrogens (tertiary/aromatic N) is 1. The van der Waals surface area contributed by atoms with Crippen LogP contribution in [0.4, 0.5) is 4.39 Å². The summed E-state index contributed by atoms with van der Waals surface area (Å²) in [5.74, 6) is -1.03. The first-order valence-electron chi connectivity index (χ1n) is 6.27. The van der Waals surface area contributed by atoms with Gasteiger partial charge >= 0.3 is 0 Å². The van der Waals surface area contributed by atoms with E-state index in [0.717, 1.165) is 11.6 Å². The average Bonchev–Trinajstić information content (AvgIpc) is 3.00. The van der Waals surface area contributed by atoms with Crippen LogP contribution in [0.15, 0.2) is 53.1 Å². The average molecular weight is 285 g/mol. The zero-order chi connectivity index (χ0) is 14.8. The molecule has 1 heterocycles. The van der Waals surface area contributed by atoms with Crippen molar-refractivity contribution in [3.63, 3.8) is 0 Å². The van der Waals surface area contributed by atoms with E-state index in [4.69, 9.17) is 9.15 Å². The normalized spacial score (nSPS) is 10.6. The summed E-state index contributed by atoms with van der Waals surface area (Å²) in [4.78, 5) is 4.33. The number of phenols is 1. The van der Waals surface area contributed by atoms with E-state index in [1.165, 1.54) is 19.4 Å². The lowest BCUT2D eigenvalue weighted by Gasteiger charge is -2.05. The van der Waals surface area contributed by atoms with Crippen LogP contribution in [0.3, 0.4) is 0 Å². The van der Waals surface area contributed by atoms with Crippen LogP contribution in [0.25, 0.3) is 22.7 Å². The van der Waals surface area contributed by atoms with Crippen molar-refractivity contribution >= 4 is 0 Å². The minimum Gasteiger partial charge on any atom is -0.502 e. The maximum absolute atomic E-state index is 13.6. The summed E-state index contributed by atoms with van der Waals surface area (Å²) in [5.41, 5.74) is 1.95. The zero-order valence-corrected chi connectivity index (χ0v) is 11.2. The summed E-state index contributed by atoms with van der Waals surface area (Å²) in [6, 6.07) is 12.1. The standard InChI is InChI=1S/C16H12FNO3/c1-20-14-8-11(7-12(17)15(14)19)16-18-13(9-21-16)10-5-3-2-4-6-10/h2-9,19H,1H3. The fourth-order valence-corrected chi connectivity index (χ4v) is 2.00. The van der Waals surface area contributed by atoms with Gasteiger partial charge in [0.15, 0.2) is 17.3 Å². The molecule has 0 unspecified atom stereocenters. The number of methoxy groups -OCH3 is 1. The Labute approximate surface area is 120 Å². The molecular formula is C16H12FNO3. The molecule has 0 atom stereocenters. The Morgan fingerprint density at radius 1 is 1.14 bits per heavy atom. The molecule has 0 radical (unpaired) electrons. The molecule has 1 N–H and O–H groups in total. The summed E-state index contributed by atoms with van der Waals surface area (Å²) in [6.07, 6.45) is 1.50. The van der Waals surface area contributed by atoms with E-state index >= 15 is 0 Å². The largest absolute Gasteiger partial charge is 0.502 e. The summed E-state index contributed by atoms with van der Waals surface area (Å²) >= 11 is 0. The van der Waals surface area contributed by atoms with E-state index in [0.29, 0.717) is 11.3 Å². The Morgan fingerprint density at radius 3 is 2.62 bits per heavy atom. The Balaban J connectivity index is 2.03. The van der Waals surface area contributed by atoms with Crippen molar-refractivity contribution in [3.05, 3.63) is 54.5 Å². The number of halogens is 1. The van der Waals surface area contributed by atoms with Crippen molar-refractivity contribution in [3.8, 4) is 34.2 Å². The summed E-state index contributed by atoms with van der Waals surface area (Å²) in [6.45, 7) is 0. The molecule has 2 aromatic carbocycles. The first kappa shape index (κ1) is 13.2. The molecule has 3 rings (SSSR count). The molecule has 0 aliphatic heterocycles. The summed E-state index contributed by atoms with van der Waals surface area (Å²) in [5, 5.41) is 9.50. The van der Waals surface area contributed by atoms with Crippen LogP contribution in [0.1, 0.15) is 0 Å². The van der Waals surface area contributed by atoms with E-state index in [1.54, 1.807) is 0 Å². The van der Waals surface area contributed by atoms with Crippen molar-refractivity contribution in [2.24, 2.45) is 0 Å². The van der Waals surface area contributed by atoms with Crippen LogP contribution in [-0.4, -0.2) is 17.2 Å². The molecule has 0 amide bonds. The monoisotopic (exact) mass is 285 g/mol. The predicted molar refractivity (Wildman–Crippen MR) is 75.5 cm³/mol. The van der Waals surface area contributed by atoms with Crippen LogP contribution in [0, 0.1) is 5.82 Å². The molecule has 0 saturated carbocycles. The summed E-state index contributed by atoms with van der Waals surface area (Å²) in [7, 11) is 1.35. The van der Waals surface area contributed by atoms with Gasteiger partial charge in [0.2, 0.25) is 5.89 Å². The maximum Gasteiger partial charge on any atom is 0.226 e. The second-order valence-corrected chi connectivity index (χ2v) is 4.41. The zero-order valence-electron chi connectivity index (χ0n) is 11.2. The highest BCUT2D eigenvalue weighted by Crippen LogP contribution is 2.34. The molecule has 0 fully saturated rings. The van der Waals surface area contributed by atoms with Crippen LogP contribution in [0.2, 0.25) is 0 Å². The van der Waals surface area contributed by atoms with Gasteiger partial charge in [-0.15, -0.1) is 0 Å². The lowest BCUT2D eigenvalue weighted by molar-refractivity contribution is 0.357. The van der Waals surface area contributed by atoms with E-state index in [-0.39, 0.29) is 11.6 Å². The van der Waals surface area contributed by atoms with Gasteiger partial charge in [-0.05, 0) is 12.1 Å². The highest BCUT2D eigenvalue weighted by molar-refractivity contribution is 5.65. The SMILES string of the molecule is COc1cc(-c2nc(-c3ccccc3)co2)cc(F)c1O. The Bertz CT molecular complexity index is 768. The fraction of sp³-hybridized carbons (Fsp3) is 0.0625. The highest BCUT2D eigenvalue weighted by Gasteiger charge is 2.15. The minimum absolute atomic E-state index is 0.0319. The number of benzene rings is 2. The number of oxazole rings is 1. The smallest absolute Gasteiger partial charge is 0.226 e. The molecule has 5 heteroatoms. The molecule has 3 aromatic rings. The third kappa shape index (κ3) is 2.45. The number of phenolic OH excluding ortho intramolecular Hbond substituents is 1.